The van der Waals surface area contributed by atoms with Crippen LogP contribution in [0, 0.1) is 0 Å². The normalized spacial score (nSPS) is 14.0. The molecule has 1 N–H and O–H groups in total. The highest BCUT2D eigenvalue weighted by atomic mass is 16.5. The number of hydrogen-bond acceptors (Lipinski definition) is 6. The number of anilines is 2. The molecule has 1 amide bonds. The minimum atomic E-state index is -0.224. The van der Waals surface area contributed by atoms with Crippen LogP contribution >= 0.6 is 0 Å². The number of nitrogens with one attached hydrogen (secondary N) is 1. The highest BCUT2D eigenvalue weighted by Crippen LogP contribution is 2.29. The van der Waals surface area contributed by atoms with Crippen molar-refractivity contribution in [2.24, 2.45) is 0 Å². The van der Waals surface area contributed by atoms with E-state index in [9.17, 15) is 4.79 Å². The van der Waals surface area contributed by atoms with Crippen molar-refractivity contribution in [1.29, 1.82) is 0 Å². The Morgan fingerprint density at radius 3 is 2.54 bits per heavy atom. The van der Waals surface area contributed by atoms with Crippen molar-refractivity contribution < 1.29 is 19.0 Å². The molecule has 0 atom stereocenters. The Bertz CT molecular complexity index is 1220. The van der Waals surface area contributed by atoms with Gasteiger partial charge >= 0.3 is 0 Å². The van der Waals surface area contributed by atoms with Gasteiger partial charge in [0, 0.05) is 55.3 Å². The first-order valence-corrected chi connectivity index (χ1v) is 12.6. The zero-order valence-electron chi connectivity index (χ0n) is 21.8. The van der Waals surface area contributed by atoms with E-state index in [0.29, 0.717) is 24.7 Å². The van der Waals surface area contributed by atoms with Crippen molar-refractivity contribution in [3.63, 3.8) is 0 Å². The van der Waals surface area contributed by atoms with Crippen LogP contribution in [-0.4, -0.2) is 57.8 Å². The summed E-state index contributed by atoms with van der Waals surface area (Å²) in [6.45, 7) is 6.92. The number of benzene rings is 3. The molecule has 3 aromatic rings. The van der Waals surface area contributed by atoms with E-state index in [0.717, 1.165) is 48.7 Å². The third-order valence-corrected chi connectivity index (χ3v) is 6.27. The van der Waals surface area contributed by atoms with Gasteiger partial charge in [-0.15, -0.1) is 0 Å². The van der Waals surface area contributed by atoms with Crippen LogP contribution in [0.5, 0.6) is 17.2 Å². The second-order valence-corrected chi connectivity index (χ2v) is 8.90. The molecule has 0 aliphatic carbocycles. The lowest BCUT2D eigenvalue weighted by Gasteiger charge is -2.34. The molecule has 1 saturated heterocycles. The first kappa shape index (κ1) is 26.1. The van der Waals surface area contributed by atoms with Crippen molar-refractivity contribution in [1.82, 2.24) is 4.90 Å². The SMILES string of the molecule is CCOc1cc(/C=C/C(=O)Nc2ccccc2COc2cccc(N3CCN(C)CC3)c2)ccc1OC. The molecule has 0 saturated carbocycles. The molecule has 7 heteroatoms. The molecule has 1 heterocycles. The summed E-state index contributed by atoms with van der Waals surface area (Å²) in [6, 6.07) is 21.4. The van der Waals surface area contributed by atoms with Gasteiger partial charge in [-0.3, -0.25) is 4.79 Å². The molecular weight excluding hydrogens is 466 g/mol. The Labute approximate surface area is 219 Å². The first-order chi connectivity index (χ1) is 18.1. The largest absolute Gasteiger partial charge is 0.493 e. The van der Waals surface area contributed by atoms with Gasteiger partial charge in [0.2, 0.25) is 5.91 Å². The van der Waals surface area contributed by atoms with E-state index in [2.05, 4.69) is 34.3 Å². The van der Waals surface area contributed by atoms with E-state index in [-0.39, 0.29) is 5.91 Å². The van der Waals surface area contributed by atoms with E-state index in [1.54, 1.807) is 13.2 Å². The van der Waals surface area contributed by atoms with E-state index >= 15 is 0 Å². The van der Waals surface area contributed by atoms with E-state index in [1.165, 1.54) is 11.8 Å². The number of para-hydroxylation sites is 1. The van der Waals surface area contributed by atoms with Gasteiger partial charge in [-0.2, -0.15) is 0 Å². The quantitative estimate of drug-likeness (QED) is 0.391. The molecule has 0 spiro atoms. The Balaban J connectivity index is 1.38. The number of likely N-dealkylation sites (N-methyl/N-ethyl adjacent to an activating group) is 1. The van der Waals surface area contributed by atoms with Gasteiger partial charge in [0.25, 0.3) is 0 Å². The predicted molar refractivity (Wildman–Crippen MR) is 149 cm³/mol. The number of methoxy groups -OCH3 is 1. The van der Waals surface area contributed by atoms with Gasteiger partial charge < -0.3 is 29.3 Å². The molecule has 0 bridgehead atoms. The number of rotatable bonds is 10. The molecule has 3 aromatic carbocycles. The molecule has 0 unspecified atom stereocenters. The Morgan fingerprint density at radius 1 is 0.946 bits per heavy atom. The summed E-state index contributed by atoms with van der Waals surface area (Å²) in [6.07, 6.45) is 3.26. The average Bonchev–Trinajstić information content (AvgIpc) is 2.92. The van der Waals surface area contributed by atoms with Crippen LogP contribution in [0.4, 0.5) is 11.4 Å². The standard InChI is InChI=1S/C30H35N3O4/c1-4-36-29-20-23(12-14-28(29)35-3)13-15-30(34)31-27-11-6-5-8-24(27)22-37-26-10-7-9-25(21-26)33-18-16-32(2)17-19-33/h5-15,20-21H,4,16-19,22H2,1-3H3,(H,31,34)/b15-13+. The van der Waals surface area contributed by atoms with Gasteiger partial charge in [-0.05, 0) is 55.9 Å². The van der Waals surface area contributed by atoms with Crippen molar-refractivity contribution in [3.05, 3.63) is 83.9 Å². The molecule has 1 aliphatic heterocycles. The van der Waals surface area contributed by atoms with Crippen LogP contribution in [-0.2, 0) is 11.4 Å². The van der Waals surface area contributed by atoms with E-state index in [4.69, 9.17) is 14.2 Å². The van der Waals surface area contributed by atoms with Crippen LogP contribution in [0.3, 0.4) is 0 Å². The summed E-state index contributed by atoms with van der Waals surface area (Å²) < 4.78 is 17.1. The fraction of sp³-hybridized carbons (Fsp3) is 0.300. The maximum Gasteiger partial charge on any atom is 0.248 e. The fourth-order valence-corrected chi connectivity index (χ4v) is 4.18. The molecule has 4 rings (SSSR count). The zero-order chi connectivity index (χ0) is 26.0. The van der Waals surface area contributed by atoms with Crippen LogP contribution in [0.1, 0.15) is 18.1 Å². The highest BCUT2D eigenvalue weighted by Gasteiger charge is 2.15. The van der Waals surface area contributed by atoms with Gasteiger partial charge in [0.05, 0.1) is 13.7 Å². The lowest BCUT2D eigenvalue weighted by Crippen LogP contribution is -2.44. The van der Waals surface area contributed by atoms with E-state index in [1.807, 2.05) is 61.5 Å². The number of nitrogens with zero attached hydrogens (tertiary/aromatic N) is 2. The maximum absolute atomic E-state index is 12.7. The minimum Gasteiger partial charge on any atom is -0.493 e. The number of ether oxygens (including phenoxy) is 3. The summed E-state index contributed by atoms with van der Waals surface area (Å²) in [4.78, 5) is 17.4. The van der Waals surface area contributed by atoms with Crippen molar-refractivity contribution in [2.45, 2.75) is 13.5 Å². The molecule has 194 valence electrons. The third kappa shape index (κ3) is 7.27. The van der Waals surface area contributed by atoms with Gasteiger partial charge in [0.15, 0.2) is 11.5 Å². The summed E-state index contributed by atoms with van der Waals surface area (Å²) in [5.74, 6) is 1.89. The lowest BCUT2D eigenvalue weighted by molar-refractivity contribution is -0.111. The molecule has 7 nitrogen and oxygen atoms in total. The summed E-state index contributed by atoms with van der Waals surface area (Å²) in [7, 11) is 3.76. The Kier molecular flexibility index (Phi) is 9.05. The van der Waals surface area contributed by atoms with Crippen molar-refractivity contribution in [3.8, 4) is 17.2 Å². The molecule has 37 heavy (non-hydrogen) atoms. The van der Waals surface area contributed by atoms with Gasteiger partial charge in [-0.1, -0.05) is 30.3 Å². The number of piperazine rings is 1. The summed E-state index contributed by atoms with van der Waals surface area (Å²) in [5.41, 5.74) is 3.63. The van der Waals surface area contributed by atoms with Crippen LogP contribution in [0.25, 0.3) is 6.08 Å². The molecule has 0 aromatic heterocycles. The smallest absolute Gasteiger partial charge is 0.248 e. The monoisotopic (exact) mass is 501 g/mol. The molecule has 1 fully saturated rings. The molecule has 1 aliphatic rings. The van der Waals surface area contributed by atoms with Crippen LogP contribution < -0.4 is 24.4 Å². The molecule has 0 radical (unpaired) electrons. The Hall–Kier alpha value is -3.97. The number of carbonyl (C=O) groups is 1. The number of carbonyl (C=O) groups excluding carboxylic acids is 1. The predicted octanol–water partition coefficient (Wildman–Crippen LogP) is 5.08. The second-order valence-electron chi connectivity index (χ2n) is 8.90. The fourth-order valence-electron chi connectivity index (χ4n) is 4.18. The number of amides is 1. The topological polar surface area (TPSA) is 63.3 Å². The Morgan fingerprint density at radius 2 is 1.76 bits per heavy atom. The average molecular weight is 502 g/mol. The molecular formula is C30H35N3O4. The minimum absolute atomic E-state index is 0.224. The zero-order valence-corrected chi connectivity index (χ0v) is 21.8. The van der Waals surface area contributed by atoms with Crippen molar-refractivity contribution >= 4 is 23.4 Å². The van der Waals surface area contributed by atoms with Crippen molar-refractivity contribution in [2.75, 3.05) is 57.2 Å². The highest BCUT2D eigenvalue weighted by molar-refractivity contribution is 6.02. The lowest BCUT2D eigenvalue weighted by atomic mass is 10.1. The summed E-state index contributed by atoms with van der Waals surface area (Å²) >= 11 is 0. The second kappa shape index (κ2) is 12.8. The summed E-state index contributed by atoms with van der Waals surface area (Å²) in [5, 5.41) is 2.97. The third-order valence-electron chi connectivity index (χ3n) is 6.27. The van der Waals surface area contributed by atoms with Crippen LogP contribution in [0.15, 0.2) is 72.8 Å². The van der Waals surface area contributed by atoms with Crippen LogP contribution in [0.2, 0.25) is 0 Å². The number of hydrogen-bond donors (Lipinski definition) is 1. The van der Waals surface area contributed by atoms with E-state index < -0.39 is 0 Å². The maximum atomic E-state index is 12.7. The van der Waals surface area contributed by atoms with Gasteiger partial charge in [0.1, 0.15) is 12.4 Å². The first-order valence-electron chi connectivity index (χ1n) is 12.6. The van der Waals surface area contributed by atoms with Gasteiger partial charge in [-0.25, -0.2) is 0 Å².